The molecule has 1 heterocycles. The van der Waals surface area contributed by atoms with Gasteiger partial charge in [0.05, 0.1) is 18.6 Å². The van der Waals surface area contributed by atoms with E-state index < -0.39 is 4.92 Å². The number of rotatable bonds is 8. The van der Waals surface area contributed by atoms with Crippen LogP contribution in [0, 0.1) is 10.1 Å². The third-order valence-corrected chi connectivity index (χ3v) is 3.23. The molecule has 1 aromatic rings. The molecule has 7 nitrogen and oxygen atoms in total. The monoisotopic (exact) mass is 283 g/mol. The van der Waals surface area contributed by atoms with Crippen LogP contribution in [0.5, 0.6) is 5.88 Å². The second-order valence-electron chi connectivity index (χ2n) is 4.34. The summed E-state index contributed by atoms with van der Waals surface area (Å²) in [5, 5.41) is 20.4. The Morgan fingerprint density at radius 3 is 2.55 bits per heavy atom. The molecule has 0 aliphatic carbocycles. The maximum absolute atomic E-state index is 11.2. The van der Waals surface area contributed by atoms with Crippen LogP contribution in [0.4, 0.5) is 11.5 Å². The van der Waals surface area contributed by atoms with Crippen LogP contribution in [0.1, 0.15) is 26.7 Å². The Balaban J connectivity index is 3.31. The molecular weight excluding hydrogens is 262 g/mol. The molecule has 0 radical (unpaired) electrons. The fraction of sp³-hybridized carbons (Fsp3) is 0.615. The smallest absolute Gasteiger partial charge is 0.311 e. The van der Waals surface area contributed by atoms with Crippen LogP contribution < -0.4 is 9.64 Å². The first-order chi connectivity index (χ1) is 9.58. The van der Waals surface area contributed by atoms with E-state index in [1.165, 1.54) is 19.2 Å². The van der Waals surface area contributed by atoms with Crippen molar-refractivity contribution in [1.29, 1.82) is 0 Å². The van der Waals surface area contributed by atoms with E-state index in [4.69, 9.17) is 4.74 Å². The van der Waals surface area contributed by atoms with Crippen molar-refractivity contribution in [1.82, 2.24) is 4.98 Å². The SMILES string of the molecule is CCC(CC)N(CCO)c1nc(OC)ccc1[N+](=O)[O-]. The molecule has 0 atom stereocenters. The van der Waals surface area contributed by atoms with E-state index in [2.05, 4.69) is 4.98 Å². The van der Waals surface area contributed by atoms with Crippen molar-refractivity contribution in [3.8, 4) is 5.88 Å². The molecule has 20 heavy (non-hydrogen) atoms. The van der Waals surface area contributed by atoms with Gasteiger partial charge in [0, 0.05) is 24.7 Å². The molecule has 1 rings (SSSR count). The van der Waals surface area contributed by atoms with Gasteiger partial charge in [0.15, 0.2) is 0 Å². The van der Waals surface area contributed by atoms with E-state index in [1.807, 2.05) is 13.8 Å². The van der Waals surface area contributed by atoms with Gasteiger partial charge in [-0.25, -0.2) is 0 Å². The molecule has 1 N–H and O–H groups in total. The van der Waals surface area contributed by atoms with Crippen molar-refractivity contribution in [3.63, 3.8) is 0 Å². The van der Waals surface area contributed by atoms with Crippen LogP contribution in [0.2, 0.25) is 0 Å². The van der Waals surface area contributed by atoms with Gasteiger partial charge < -0.3 is 14.7 Å². The van der Waals surface area contributed by atoms with Gasteiger partial charge in [-0.2, -0.15) is 4.98 Å². The number of methoxy groups -OCH3 is 1. The zero-order valence-corrected chi connectivity index (χ0v) is 12.1. The predicted octanol–water partition coefficient (Wildman–Crippen LogP) is 1.99. The molecule has 0 saturated carbocycles. The Bertz CT molecular complexity index is 449. The molecule has 112 valence electrons. The van der Waals surface area contributed by atoms with Crippen LogP contribution in [-0.2, 0) is 0 Å². The Hall–Kier alpha value is -1.89. The lowest BCUT2D eigenvalue weighted by molar-refractivity contribution is -0.384. The topological polar surface area (TPSA) is 88.7 Å². The first-order valence-corrected chi connectivity index (χ1v) is 6.65. The van der Waals surface area contributed by atoms with Crippen LogP contribution in [0.25, 0.3) is 0 Å². The number of hydrogen-bond acceptors (Lipinski definition) is 6. The number of pyridine rings is 1. The van der Waals surface area contributed by atoms with Crippen molar-refractivity contribution in [2.75, 3.05) is 25.2 Å². The normalized spacial score (nSPS) is 10.7. The maximum atomic E-state index is 11.2. The summed E-state index contributed by atoms with van der Waals surface area (Å²) in [6, 6.07) is 2.93. The number of anilines is 1. The molecule has 0 bridgehead atoms. The largest absolute Gasteiger partial charge is 0.481 e. The number of nitro groups is 1. The number of aromatic nitrogens is 1. The van der Waals surface area contributed by atoms with Gasteiger partial charge in [-0.1, -0.05) is 13.8 Å². The minimum atomic E-state index is -0.464. The summed E-state index contributed by atoms with van der Waals surface area (Å²) < 4.78 is 5.04. The number of nitrogens with zero attached hydrogens (tertiary/aromatic N) is 3. The molecule has 0 spiro atoms. The summed E-state index contributed by atoms with van der Waals surface area (Å²) in [6.45, 7) is 4.22. The number of aliphatic hydroxyl groups is 1. The molecule has 0 fully saturated rings. The lowest BCUT2D eigenvalue weighted by Crippen LogP contribution is -2.37. The number of ether oxygens (including phenoxy) is 1. The van der Waals surface area contributed by atoms with Crippen molar-refractivity contribution in [2.24, 2.45) is 0 Å². The van der Waals surface area contributed by atoms with Crippen molar-refractivity contribution >= 4 is 11.5 Å². The lowest BCUT2D eigenvalue weighted by Gasteiger charge is -2.30. The van der Waals surface area contributed by atoms with Gasteiger partial charge in [0.2, 0.25) is 11.7 Å². The molecule has 7 heteroatoms. The van der Waals surface area contributed by atoms with Crippen LogP contribution in [-0.4, -0.2) is 41.3 Å². The lowest BCUT2D eigenvalue weighted by atomic mass is 10.1. The quantitative estimate of drug-likeness (QED) is 0.579. The number of hydrogen-bond donors (Lipinski definition) is 1. The highest BCUT2D eigenvalue weighted by Gasteiger charge is 2.26. The van der Waals surface area contributed by atoms with E-state index in [0.29, 0.717) is 12.4 Å². The maximum Gasteiger partial charge on any atom is 0.311 e. The molecule has 0 amide bonds. The van der Waals surface area contributed by atoms with Gasteiger partial charge in [0.1, 0.15) is 0 Å². The fourth-order valence-corrected chi connectivity index (χ4v) is 2.19. The second kappa shape index (κ2) is 7.64. The zero-order valence-electron chi connectivity index (χ0n) is 12.1. The average Bonchev–Trinajstić information content (AvgIpc) is 2.46. The highest BCUT2D eigenvalue weighted by atomic mass is 16.6. The Morgan fingerprint density at radius 2 is 2.10 bits per heavy atom. The standard InChI is InChI=1S/C13H21N3O4/c1-4-10(5-2)15(8-9-17)13-11(16(18)19)6-7-12(14-13)20-3/h6-7,10,17H,4-5,8-9H2,1-3H3. The molecule has 0 aliphatic heterocycles. The van der Waals surface area contributed by atoms with E-state index in [-0.39, 0.29) is 24.2 Å². The molecule has 0 aromatic carbocycles. The first kappa shape index (κ1) is 16.2. The Kier molecular flexibility index (Phi) is 6.17. The molecule has 0 unspecified atom stereocenters. The summed E-state index contributed by atoms with van der Waals surface area (Å²) in [7, 11) is 1.46. The zero-order chi connectivity index (χ0) is 15.1. The predicted molar refractivity (Wildman–Crippen MR) is 76.2 cm³/mol. The molecule has 0 saturated heterocycles. The van der Waals surface area contributed by atoms with Crippen LogP contribution in [0.3, 0.4) is 0 Å². The molecule has 1 aromatic heterocycles. The third kappa shape index (κ3) is 3.57. The summed E-state index contributed by atoms with van der Waals surface area (Å²) in [4.78, 5) is 16.7. The minimum absolute atomic E-state index is 0.0776. The summed E-state index contributed by atoms with van der Waals surface area (Å²) in [6.07, 6.45) is 1.62. The van der Waals surface area contributed by atoms with Gasteiger partial charge in [-0.15, -0.1) is 0 Å². The number of aliphatic hydroxyl groups excluding tert-OH is 1. The molecule has 0 aliphatic rings. The van der Waals surface area contributed by atoms with E-state index in [9.17, 15) is 15.2 Å². The van der Waals surface area contributed by atoms with Gasteiger partial charge >= 0.3 is 5.69 Å². The van der Waals surface area contributed by atoms with E-state index in [1.54, 1.807) is 4.90 Å². The van der Waals surface area contributed by atoms with Crippen molar-refractivity contribution in [2.45, 2.75) is 32.7 Å². The van der Waals surface area contributed by atoms with E-state index in [0.717, 1.165) is 12.8 Å². The van der Waals surface area contributed by atoms with Gasteiger partial charge in [-0.05, 0) is 12.8 Å². The Morgan fingerprint density at radius 1 is 1.45 bits per heavy atom. The fourth-order valence-electron chi connectivity index (χ4n) is 2.19. The van der Waals surface area contributed by atoms with Crippen LogP contribution >= 0.6 is 0 Å². The van der Waals surface area contributed by atoms with E-state index >= 15 is 0 Å². The third-order valence-electron chi connectivity index (χ3n) is 3.23. The molecular formula is C13H21N3O4. The second-order valence-corrected chi connectivity index (χ2v) is 4.34. The van der Waals surface area contributed by atoms with Crippen LogP contribution in [0.15, 0.2) is 12.1 Å². The van der Waals surface area contributed by atoms with Gasteiger partial charge in [0.25, 0.3) is 0 Å². The highest BCUT2D eigenvalue weighted by molar-refractivity contribution is 5.59. The summed E-state index contributed by atoms with van der Waals surface area (Å²) in [5.74, 6) is 0.566. The summed E-state index contributed by atoms with van der Waals surface area (Å²) >= 11 is 0. The minimum Gasteiger partial charge on any atom is -0.481 e. The van der Waals surface area contributed by atoms with Crippen molar-refractivity contribution < 1.29 is 14.8 Å². The summed E-state index contributed by atoms with van der Waals surface area (Å²) in [5.41, 5.74) is -0.0776. The average molecular weight is 283 g/mol. The van der Waals surface area contributed by atoms with Gasteiger partial charge in [-0.3, -0.25) is 10.1 Å². The highest BCUT2D eigenvalue weighted by Crippen LogP contribution is 2.30. The van der Waals surface area contributed by atoms with Crippen molar-refractivity contribution in [3.05, 3.63) is 22.2 Å². The Labute approximate surface area is 118 Å². The first-order valence-electron chi connectivity index (χ1n) is 6.65.